The Bertz CT molecular complexity index is 952. The lowest BCUT2D eigenvalue weighted by Gasteiger charge is -2.23. The summed E-state index contributed by atoms with van der Waals surface area (Å²) in [6.07, 6.45) is 5.24. The topological polar surface area (TPSA) is 60.2 Å². The van der Waals surface area contributed by atoms with Crippen LogP contribution < -0.4 is 10.9 Å². The number of carbonyl (C=O) groups excluding carboxylic acids is 1. The van der Waals surface area contributed by atoms with Crippen LogP contribution in [-0.2, 0) is 6.54 Å². The summed E-state index contributed by atoms with van der Waals surface area (Å²) in [5.74, 6) is 0.135. The van der Waals surface area contributed by atoms with E-state index in [4.69, 9.17) is 0 Å². The molecule has 27 heavy (non-hydrogen) atoms. The molecule has 2 aromatic carbocycles. The molecule has 3 N–H and O–H groups in total. The van der Waals surface area contributed by atoms with Crippen molar-refractivity contribution in [1.29, 1.82) is 0 Å². The van der Waals surface area contributed by atoms with Gasteiger partial charge >= 0.3 is 0 Å². The summed E-state index contributed by atoms with van der Waals surface area (Å²) in [7, 11) is 0. The predicted molar refractivity (Wildman–Crippen MR) is 106 cm³/mol. The Labute approximate surface area is 158 Å². The molecule has 1 aliphatic heterocycles. The first kappa shape index (κ1) is 16.5. The number of rotatable bonds is 5. The Morgan fingerprint density at radius 2 is 1.89 bits per heavy atom. The summed E-state index contributed by atoms with van der Waals surface area (Å²) in [5.41, 5.74) is 10.7. The summed E-state index contributed by atoms with van der Waals surface area (Å²) >= 11 is 0. The molecule has 5 heteroatoms. The fourth-order valence-corrected chi connectivity index (χ4v) is 3.91. The predicted octanol–water partition coefficient (Wildman–Crippen LogP) is 3.51. The van der Waals surface area contributed by atoms with E-state index in [1.807, 2.05) is 23.2 Å². The van der Waals surface area contributed by atoms with Crippen molar-refractivity contribution in [3.63, 3.8) is 0 Å². The number of aromatic nitrogens is 1. The van der Waals surface area contributed by atoms with E-state index >= 15 is 0 Å². The van der Waals surface area contributed by atoms with Crippen LogP contribution in [0.2, 0.25) is 0 Å². The van der Waals surface area contributed by atoms with Crippen molar-refractivity contribution in [1.82, 2.24) is 20.7 Å². The molecule has 1 saturated heterocycles. The number of aromatic amines is 1. The summed E-state index contributed by atoms with van der Waals surface area (Å²) in [6.45, 7) is 1.65. The van der Waals surface area contributed by atoms with Gasteiger partial charge in [0.05, 0.1) is 0 Å². The Hall–Kier alpha value is -2.63. The Morgan fingerprint density at radius 1 is 1.04 bits per heavy atom. The number of amides is 1. The Balaban J connectivity index is 1.35. The highest BCUT2D eigenvalue weighted by molar-refractivity contribution is 5.94. The molecule has 1 unspecified atom stereocenters. The molecule has 2 fully saturated rings. The molecule has 5 nitrogen and oxygen atoms in total. The number of nitrogens with zero attached hydrogens (tertiary/aromatic N) is 1. The lowest BCUT2D eigenvalue weighted by atomic mass is 10.0. The van der Waals surface area contributed by atoms with Gasteiger partial charge in [-0.2, -0.15) is 0 Å². The minimum absolute atomic E-state index is 0.135. The second-order valence-electron chi connectivity index (χ2n) is 7.60. The molecule has 138 valence electrons. The second kappa shape index (κ2) is 6.83. The van der Waals surface area contributed by atoms with Crippen LogP contribution in [0.25, 0.3) is 10.9 Å². The largest absolute Gasteiger partial charge is 0.361 e. The van der Waals surface area contributed by atoms with Gasteiger partial charge in [-0.05, 0) is 66.1 Å². The third-order valence-electron chi connectivity index (χ3n) is 5.61. The van der Waals surface area contributed by atoms with Gasteiger partial charge < -0.3 is 9.88 Å². The second-order valence-corrected chi connectivity index (χ2v) is 7.60. The number of fused-ring (bicyclic) bond motifs is 1. The van der Waals surface area contributed by atoms with Crippen LogP contribution in [0.15, 0.2) is 54.7 Å². The number of hydrazine groups is 1. The average molecular weight is 360 g/mol. The molecule has 0 radical (unpaired) electrons. The first-order chi connectivity index (χ1) is 13.3. The third kappa shape index (κ3) is 3.36. The molecule has 5 rings (SSSR count). The van der Waals surface area contributed by atoms with Crippen LogP contribution in [0.1, 0.15) is 46.8 Å². The molecule has 0 bridgehead atoms. The van der Waals surface area contributed by atoms with E-state index in [1.54, 1.807) is 0 Å². The van der Waals surface area contributed by atoms with Crippen molar-refractivity contribution in [2.45, 2.75) is 37.9 Å². The van der Waals surface area contributed by atoms with Crippen LogP contribution in [0, 0.1) is 0 Å². The molecular formula is C22H24N4O. The monoisotopic (exact) mass is 360 g/mol. The zero-order chi connectivity index (χ0) is 18.2. The highest BCUT2D eigenvalue weighted by atomic mass is 16.2. The lowest BCUT2D eigenvalue weighted by molar-refractivity contribution is 0.0730. The van der Waals surface area contributed by atoms with Crippen molar-refractivity contribution in [3.8, 4) is 0 Å². The molecule has 2 aliphatic rings. The van der Waals surface area contributed by atoms with E-state index < -0.39 is 0 Å². The van der Waals surface area contributed by atoms with Crippen molar-refractivity contribution < 1.29 is 4.79 Å². The average Bonchev–Trinajstić information content (AvgIpc) is 3.19. The Kier molecular flexibility index (Phi) is 4.19. The van der Waals surface area contributed by atoms with Gasteiger partial charge in [0.15, 0.2) is 0 Å². The van der Waals surface area contributed by atoms with Gasteiger partial charge in [-0.15, -0.1) is 0 Å². The quantitative estimate of drug-likeness (QED) is 0.652. The van der Waals surface area contributed by atoms with E-state index in [9.17, 15) is 4.79 Å². The number of nitrogens with one attached hydrogen (secondary N) is 3. The Morgan fingerprint density at radius 3 is 2.63 bits per heavy atom. The van der Waals surface area contributed by atoms with Gasteiger partial charge in [-0.25, -0.2) is 0 Å². The zero-order valence-electron chi connectivity index (χ0n) is 15.2. The maximum absolute atomic E-state index is 13.2. The van der Waals surface area contributed by atoms with Gasteiger partial charge in [-0.3, -0.25) is 15.6 Å². The fraction of sp³-hybridized carbons (Fsp3) is 0.318. The van der Waals surface area contributed by atoms with E-state index in [0.717, 1.165) is 36.9 Å². The zero-order valence-corrected chi connectivity index (χ0v) is 15.2. The standard InChI is InChI=1S/C22H24N4O/c27-22(17-4-2-16(3-5-17)21-10-12-24-25-21)26(19-6-7-19)14-15-1-8-20-18(13-15)9-11-23-20/h1-5,8-9,11,13,19,21,23-25H,6-7,10,12,14H2. The van der Waals surface area contributed by atoms with Gasteiger partial charge in [0.1, 0.15) is 0 Å². The van der Waals surface area contributed by atoms with Crippen molar-refractivity contribution in [2.75, 3.05) is 6.54 Å². The summed E-state index contributed by atoms with van der Waals surface area (Å²) in [5, 5.41) is 1.19. The molecule has 1 amide bonds. The molecular weight excluding hydrogens is 336 g/mol. The SMILES string of the molecule is O=C(c1ccc(C2CCNN2)cc1)N(Cc1ccc2[nH]ccc2c1)C1CC1. The third-order valence-corrected chi connectivity index (χ3v) is 5.61. The number of hydrogen-bond acceptors (Lipinski definition) is 3. The van der Waals surface area contributed by atoms with Crippen LogP contribution in [0.4, 0.5) is 0 Å². The van der Waals surface area contributed by atoms with Crippen LogP contribution in [0.5, 0.6) is 0 Å². The smallest absolute Gasteiger partial charge is 0.254 e. The fourth-order valence-electron chi connectivity index (χ4n) is 3.91. The van der Waals surface area contributed by atoms with E-state index in [-0.39, 0.29) is 5.91 Å². The van der Waals surface area contributed by atoms with Crippen LogP contribution in [0.3, 0.4) is 0 Å². The van der Waals surface area contributed by atoms with Crippen LogP contribution >= 0.6 is 0 Å². The molecule has 1 saturated carbocycles. The van der Waals surface area contributed by atoms with Crippen LogP contribution in [-0.4, -0.2) is 28.4 Å². The van der Waals surface area contributed by atoms with Gasteiger partial charge in [0.25, 0.3) is 5.91 Å². The number of benzene rings is 2. The maximum Gasteiger partial charge on any atom is 0.254 e. The van der Waals surface area contributed by atoms with E-state index in [1.165, 1.54) is 16.5 Å². The minimum Gasteiger partial charge on any atom is -0.361 e. The van der Waals surface area contributed by atoms with Gasteiger partial charge in [-0.1, -0.05) is 18.2 Å². The maximum atomic E-state index is 13.2. The highest BCUT2D eigenvalue weighted by Crippen LogP contribution is 2.31. The highest BCUT2D eigenvalue weighted by Gasteiger charge is 2.33. The number of H-pyrrole nitrogens is 1. The molecule has 1 atom stereocenters. The van der Waals surface area contributed by atoms with Gasteiger partial charge in [0, 0.05) is 42.5 Å². The molecule has 1 aliphatic carbocycles. The lowest BCUT2D eigenvalue weighted by Crippen LogP contribution is -2.32. The minimum atomic E-state index is 0.135. The molecule has 0 spiro atoms. The normalized spacial score (nSPS) is 19.5. The summed E-state index contributed by atoms with van der Waals surface area (Å²) in [4.78, 5) is 18.4. The van der Waals surface area contributed by atoms with Crippen molar-refractivity contribution in [2.24, 2.45) is 0 Å². The van der Waals surface area contributed by atoms with E-state index in [2.05, 4.69) is 52.2 Å². The summed E-state index contributed by atoms with van der Waals surface area (Å²) in [6, 6.07) is 17.3. The van der Waals surface area contributed by atoms with E-state index in [0.29, 0.717) is 18.6 Å². The first-order valence-corrected chi connectivity index (χ1v) is 9.73. The van der Waals surface area contributed by atoms with Crippen molar-refractivity contribution in [3.05, 3.63) is 71.4 Å². The summed E-state index contributed by atoms with van der Waals surface area (Å²) < 4.78 is 0. The number of hydrogen-bond donors (Lipinski definition) is 3. The van der Waals surface area contributed by atoms with Gasteiger partial charge in [0.2, 0.25) is 0 Å². The number of carbonyl (C=O) groups is 1. The molecule has 3 aromatic rings. The molecule has 2 heterocycles. The first-order valence-electron chi connectivity index (χ1n) is 9.73. The molecule has 1 aromatic heterocycles. The van der Waals surface area contributed by atoms with Crippen molar-refractivity contribution >= 4 is 16.8 Å².